The average molecular weight is 383 g/mol. The molecule has 2 aromatic heterocycles. The van der Waals surface area contributed by atoms with Gasteiger partial charge in [0.2, 0.25) is 0 Å². The summed E-state index contributed by atoms with van der Waals surface area (Å²) in [5, 5.41) is 0. The molecule has 0 bridgehead atoms. The van der Waals surface area contributed by atoms with Gasteiger partial charge in [-0.15, -0.1) is 0 Å². The van der Waals surface area contributed by atoms with E-state index in [0.717, 1.165) is 10.1 Å². The first kappa shape index (κ1) is 17.8. The fourth-order valence-electron chi connectivity index (χ4n) is 2.97. The van der Waals surface area contributed by atoms with Gasteiger partial charge in [0.1, 0.15) is 0 Å². The van der Waals surface area contributed by atoms with Crippen molar-refractivity contribution in [1.29, 1.82) is 0 Å². The molecule has 2 aromatic carbocycles. The molecule has 2 heterocycles. The van der Waals surface area contributed by atoms with Crippen molar-refractivity contribution in [1.82, 2.24) is 14.5 Å². The van der Waals surface area contributed by atoms with Gasteiger partial charge in [0.15, 0.2) is 24.1 Å². The van der Waals surface area contributed by atoms with Gasteiger partial charge in [0.25, 0.3) is 0 Å². The van der Waals surface area contributed by atoms with Crippen LogP contribution in [0.3, 0.4) is 0 Å². The van der Waals surface area contributed by atoms with Crippen molar-refractivity contribution in [3.05, 3.63) is 72.5 Å². The number of alkyl halides is 2. The predicted octanol–water partition coefficient (Wildman–Crippen LogP) is 5.00. The summed E-state index contributed by atoms with van der Waals surface area (Å²) in [6.45, 7) is -1.29. The first-order chi connectivity index (χ1) is 13.5. The largest absolute Gasteiger partial charge is 0.451 e. The van der Waals surface area contributed by atoms with E-state index in [1.807, 2.05) is 0 Å². The number of imidazole rings is 1. The number of ether oxygens (including phenoxy) is 1. The summed E-state index contributed by atoms with van der Waals surface area (Å²) in [6, 6.07) is 13.1. The predicted molar refractivity (Wildman–Crippen MR) is 96.8 cm³/mol. The first-order valence-corrected chi connectivity index (χ1v) is 8.49. The summed E-state index contributed by atoms with van der Waals surface area (Å²) < 4.78 is 38.5. The Hall–Kier alpha value is -3.55. The first-order valence-electron chi connectivity index (χ1n) is 8.49. The molecule has 4 aromatic rings. The Labute approximate surface area is 158 Å². The van der Waals surface area contributed by atoms with Crippen LogP contribution in [0.2, 0.25) is 0 Å². The number of hydrogen-bond acceptors (Lipinski definition) is 5. The minimum atomic E-state index is -2.80. The van der Waals surface area contributed by atoms with Crippen LogP contribution in [-0.2, 0) is 4.74 Å². The molecule has 0 aliphatic carbocycles. The number of aromatic nitrogens is 3. The number of fused-ring (bicyclic) bond motifs is 1. The van der Waals surface area contributed by atoms with Gasteiger partial charge in [0, 0.05) is 5.56 Å². The van der Waals surface area contributed by atoms with Crippen molar-refractivity contribution in [3.63, 3.8) is 0 Å². The van der Waals surface area contributed by atoms with Crippen molar-refractivity contribution in [2.75, 3.05) is 0 Å². The van der Waals surface area contributed by atoms with Crippen LogP contribution in [0.5, 0.6) is 0 Å². The molecule has 0 saturated carbocycles. The van der Waals surface area contributed by atoms with E-state index in [1.165, 1.54) is 13.3 Å². The number of esters is 1. The number of hydrogen-bond donors (Lipinski definition) is 0. The Morgan fingerprint density at radius 2 is 1.89 bits per heavy atom. The molecule has 142 valence electrons. The van der Waals surface area contributed by atoms with Gasteiger partial charge in [-0.05, 0) is 31.2 Å². The van der Waals surface area contributed by atoms with Gasteiger partial charge in [-0.2, -0.15) is 8.78 Å². The van der Waals surface area contributed by atoms with E-state index in [9.17, 15) is 13.6 Å². The molecule has 0 N–H and O–H groups in total. The smallest absolute Gasteiger partial charge is 0.338 e. The van der Waals surface area contributed by atoms with Crippen LogP contribution in [0.1, 0.15) is 35.8 Å². The molecule has 0 aliphatic rings. The van der Waals surface area contributed by atoms with Crippen LogP contribution in [-0.4, -0.2) is 20.5 Å². The number of carbonyl (C=O) groups is 1. The monoisotopic (exact) mass is 383 g/mol. The van der Waals surface area contributed by atoms with Gasteiger partial charge < -0.3 is 9.15 Å². The number of nitrogens with zero attached hydrogens (tertiary/aromatic N) is 3. The third-order valence-electron chi connectivity index (χ3n) is 4.30. The molecule has 0 radical (unpaired) electrons. The summed E-state index contributed by atoms with van der Waals surface area (Å²) in [5.74, 6) is -0.0775. The van der Waals surface area contributed by atoms with E-state index in [4.69, 9.17) is 9.15 Å². The summed E-state index contributed by atoms with van der Waals surface area (Å²) >= 11 is 0. The zero-order valence-electron chi connectivity index (χ0n) is 14.8. The molecule has 0 fully saturated rings. The van der Waals surface area contributed by atoms with Crippen molar-refractivity contribution in [3.8, 4) is 11.3 Å². The molecule has 28 heavy (non-hydrogen) atoms. The number of oxazole rings is 1. The minimum absolute atomic E-state index is 0.0113. The maximum absolute atomic E-state index is 13.6. The fourth-order valence-corrected chi connectivity index (χ4v) is 2.97. The number of benzene rings is 2. The quantitative estimate of drug-likeness (QED) is 0.453. The van der Waals surface area contributed by atoms with E-state index in [1.54, 1.807) is 54.7 Å². The highest BCUT2D eigenvalue weighted by Gasteiger charge is 2.24. The van der Waals surface area contributed by atoms with Crippen LogP contribution >= 0.6 is 0 Å². The Bertz CT molecular complexity index is 1110. The summed E-state index contributed by atoms with van der Waals surface area (Å²) in [4.78, 5) is 20.5. The second-order valence-electron chi connectivity index (χ2n) is 6.10. The van der Waals surface area contributed by atoms with Crippen LogP contribution in [0.15, 0.2) is 65.5 Å². The van der Waals surface area contributed by atoms with Crippen LogP contribution in [0.25, 0.3) is 22.4 Å². The topological polar surface area (TPSA) is 70.2 Å². The average Bonchev–Trinajstić information content (AvgIpc) is 3.36. The summed E-state index contributed by atoms with van der Waals surface area (Å²) in [7, 11) is 0. The second kappa shape index (κ2) is 7.22. The van der Waals surface area contributed by atoms with Crippen LogP contribution in [0.4, 0.5) is 8.78 Å². The van der Waals surface area contributed by atoms with E-state index in [2.05, 4.69) is 9.97 Å². The van der Waals surface area contributed by atoms with Gasteiger partial charge in [0.05, 0.1) is 22.8 Å². The molecular weight excluding hydrogens is 368 g/mol. The lowest BCUT2D eigenvalue weighted by atomic mass is 10.1. The molecular formula is C20H15F2N3O3. The van der Waals surface area contributed by atoms with Gasteiger partial charge in [-0.1, -0.05) is 24.3 Å². The molecule has 0 amide bonds. The van der Waals surface area contributed by atoms with E-state index in [-0.39, 0.29) is 16.9 Å². The molecule has 6 nitrogen and oxygen atoms in total. The van der Waals surface area contributed by atoms with E-state index < -0.39 is 18.6 Å². The van der Waals surface area contributed by atoms with Crippen LogP contribution < -0.4 is 0 Å². The van der Waals surface area contributed by atoms with Crippen molar-refractivity contribution in [2.45, 2.75) is 19.6 Å². The Morgan fingerprint density at radius 1 is 1.14 bits per heavy atom. The van der Waals surface area contributed by atoms with Crippen molar-refractivity contribution in [2.24, 2.45) is 0 Å². The SMILES string of the molecule is CC(OC(=O)c1ccc(-c2cnco2)cc1)c1nc2ccccc2n1C(F)F. The molecule has 0 saturated heterocycles. The van der Waals surface area contributed by atoms with Gasteiger partial charge in [-0.3, -0.25) is 4.57 Å². The summed E-state index contributed by atoms with van der Waals surface area (Å²) in [6.07, 6.45) is 1.92. The zero-order valence-corrected chi connectivity index (χ0v) is 14.8. The maximum Gasteiger partial charge on any atom is 0.338 e. The lowest BCUT2D eigenvalue weighted by Crippen LogP contribution is -2.14. The Kier molecular flexibility index (Phi) is 4.60. The molecule has 1 unspecified atom stereocenters. The minimum Gasteiger partial charge on any atom is -0.451 e. The highest BCUT2D eigenvalue weighted by Crippen LogP contribution is 2.29. The number of carbonyl (C=O) groups excluding carboxylic acids is 1. The molecule has 4 rings (SSSR count). The van der Waals surface area contributed by atoms with Crippen molar-refractivity contribution >= 4 is 17.0 Å². The standard InChI is InChI=1S/C20H15F2N3O3/c1-12(18-24-15-4-2-3-5-16(15)25(18)20(21)22)28-19(26)14-8-6-13(7-9-14)17-10-23-11-27-17/h2-12,20H,1H3. The Morgan fingerprint density at radius 3 is 2.57 bits per heavy atom. The maximum atomic E-state index is 13.6. The third-order valence-corrected chi connectivity index (χ3v) is 4.30. The Balaban J connectivity index is 1.56. The highest BCUT2D eigenvalue weighted by atomic mass is 19.3. The lowest BCUT2D eigenvalue weighted by molar-refractivity contribution is 0.0233. The fraction of sp³-hybridized carbons (Fsp3) is 0.150. The number of rotatable bonds is 5. The van der Waals surface area contributed by atoms with E-state index >= 15 is 0 Å². The number of halogens is 2. The third kappa shape index (κ3) is 3.24. The molecule has 8 heteroatoms. The van der Waals surface area contributed by atoms with Crippen LogP contribution in [0, 0.1) is 0 Å². The van der Waals surface area contributed by atoms with Crippen molar-refractivity contribution < 1.29 is 22.7 Å². The number of para-hydroxylation sites is 2. The van der Waals surface area contributed by atoms with Gasteiger partial charge in [-0.25, -0.2) is 14.8 Å². The molecule has 0 aliphatic heterocycles. The van der Waals surface area contributed by atoms with E-state index in [0.29, 0.717) is 11.3 Å². The normalized spacial score (nSPS) is 12.4. The molecule has 0 spiro atoms. The summed E-state index contributed by atoms with van der Waals surface area (Å²) in [5.41, 5.74) is 1.74. The lowest BCUT2D eigenvalue weighted by Gasteiger charge is -2.15. The molecule has 1 atom stereocenters. The zero-order chi connectivity index (χ0) is 19.7. The second-order valence-corrected chi connectivity index (χ2v) is 6.10. The highest BCUT2D eigenvalue weighted by molar-refractivity contribution is 5.90. The van der Waals surface area contributed by atoms with Gasteiger partial charge >= 0.3 is 12.5 Å².